The third kappa shape index (κ3) is 4.05. The maximum atomic E-state index is 6.71. The molecule has 0 aliphatic rings. The van der Waals surface area contributed by atoms with Gasteiger partial charge in [0, 0.05) is 18.7 Å². The van der Waals surface area contributed by atoms with E-state index < -0.39 is 5.60 Å². The third-order valence-corrected chi connectivity index (χ3v) is 6.44. The van der Waals surface area contributed by atoms with Crippen LogP contribution in [0, 0.1) is 0 Å². The molecule has 1 unspecified atom stereocenters. The number of rotatable bonds is 6. The Morgan fingerprint density at radius 3 is 2.57 bits per heavy atom. The van der Waals surface area contributed by atoms with Crippen LogP contribution in [0.5, 0.6) is 0 Å². The number of pyridine rings is 1. The average molecular weight is 486 g/mol. The molecule has 0 amide bonds. The number of nitrogens with one attached hydrogen (secondary N) is 1. The van der Waals surface area contributed by atoms with Gasteiger partial charge in [-0.1, -0.05) is 59.0 Å². The number of nitrogens with zero attached hydrogens (tertiary/aromatic N) is 2. The fraction of sp³-hybridized carbons (Fsp3) is 0.111. The van der Waals surface area contributed by atoms with E-state index in [0.29, 0.717) is 33.4 Å². The summed E-state index contributed by atoms with van der Waals surface area (Å²) < 4.78 is 11.8. The van der Waals surface area contributed by atoms with E-state index in [9.17, 15) is 0 Å². The molecule has 0 radical (unpaired) electrons. The molecule has 0 aliphatic heterocycles. The number of oxazole rings is 1. The number of fused-ring (bicyclic) bond motifs is 3. The fourth-order valence-corrected chi connectivity index (χ4v) is 4.36. The maximum Gasteiger partial charge on any atom is 0.438 e. The van der Waals surface area contributed by atoms with Crippen molar-refractivity contribution in [3.8, 4) is 0 Å². The third-order valence-electron chi connectivity index (χ3n) is 6.23. The zero-order chi connectivity index (χ0) is 24.6. The Balaban J connectivity index is 1.57. The molecule has 5 aromatic rings. The molecular weight excluding hydrogens is 462 g/mol. The van der Waals surface area contributed by atoms with E-state index in [1.54, 1.807) is 19.4 Å². The number of hydrogen-bond donors (Lipinski definition) is 3. The molecule has 0 aliphatic carbocycles. The number of ether oxygens (including phenoxy) is 1. The molecule has 0 fully saturated rings. The quantitative estimate of drug-likeness (QED) is 0.194. The highest BCUT2D eigenvalue weighted by molar-refractivity contribution is 6.29. The number of amidine groups is 1. The van der Waals surface area contributed by atoms with Gasteiger partial charge in [0.1, 0.15) is 5.15 Å². The summed E-state index contributed by atoms with van der Waals surface area (Å²) in [5, 5.41) is 9.15. The van der Waals surface area contributed by atoms with E-state index in [-0.39, 0.29) is 6.01 Å². The van der Waals surface area contributed by atoms with E-state index in [4.69, 9.17) is 31.9 Å². The largest absolute Gasteiger partial charge is 0.438 e. The summed E-state index contributed by atoms with van der Waals surface area (Å²) in [6, 6.07) is 23.3. The number of benzene rings is 3. The number of nitrogen functional groups attached to an aromatic ring is 1. The minimum atomic E-state index is -0.973. The summed E-state index contributed by atoms with van der Waals surface area (Å²) in [4.78, 5) is 11.8. The van der Waals surface area contributed by atoms with E-state index >= 15 is 0 Å². The molecule has 2 aromatic heterocycles. The lowest BCUT2D eigenvalue weighted by molar-refractivity contribution is -0.378. The lowest BCUT2D eigenvalue weighted by Gasteiger charge is -2.26. The second-order valence-electron chi connectivity index (χ2n) is 8.26. The minimum Gasteiger partial charge on any atom is -0.398 e. The number of aromatic nitrogens is 2. The van der Waals surface area contributed by atoms with Crippen LogP contribution in [0.25, 0.3) is 21.9 Å². The van der Waals surface area contributed by atoms with Crippen molar-refractivity contribution < 1.29 is 19.6 Å². The van der Waals surface area contributed by atoms with E-state index in [1.807, 2.05) is 73.7 Å². The highest BCUT2D eigenvalue weighted by atomic mass is 35.5. The maximum absolute atomic E-state index is 6.71. The van der Waals surface area contributed by atoms with Crippen molar-refractivity contribution >= 4 is 51.0 Å². The molecule has 0 spiro atoms. The molecule has 5 rings (SSSR count). The Bertz CT molecular complexity index is 1610. The van der Waals surface area contributed by atoms with Gasteiger partial charge in [-0.15, -0.1) is 0 Å². The first-order chi connectivity index (χ1) is 16.9. The van der Waals surface area contributed by atoms with Crippen LogP contribution in [-0.4, -0.2) is 28.6 Å². The lowest BCUT2D eigenvalue weighted by atomic mass is 9.85. The molecule has 3 aromatic carbocycles. The van der Waals surface area contributed by atoms with Gasteiger partial charge in [0.05, 0.1) is 11.1 Å². The van der Waals surface area contributed by atoms with Gasteiger partial charge in [-0.2, -0.15) is 0 Å². The summed E-state index contributed by atoms with van der Waals surface area (Å²) in [5.74, 6) is 0.339. The van der Waals surface area contributed by atoms with Crippen molar-refractivity contribution in [2.75, 3.05) is 7.11 Å². The highest BCUT2D eigenvalue weighted by Gasteiger charge is 2.39. The van der Waals surface area contributed by atoms with Crippen LogP contribution in [0.15, 0.2) is 83.4 Å². The van der Waals surface area contributed by atoms with Gasteiger partial charge < -0.3 is 14.9 Å². The van der Waals surface area contributed by atoms with Gasteiger partial charge in [0.25, 0.3) is 0 Å². The van der Waals surface area contributed by atoms with Crippen molar-refractivity contribution in [1.82, 2.24) is 9.97 Å². The van der Waals surface area contributed by atoms with Crippen molar-refractivity contribution in [2.45, 2.75) is 12.5 Å². The Hall–Kier alpha value is -4.07. The summed E-state index contributed by atoms with van der Waals surface area (Å²) in [6.07, 6.45) is 1.62. The molecule has 0 saturated carbocycles. The molecule has 2 heterocycles. The summed E-state index contributed by atoms with van der Waals surface area (Å²) in [6.45, 7) is 1.88. The molecule has 0 bridgehead atoms. The molecule has 7 nitrogen and oxygen atoms in total. The molecular formula is C27H24ClN5O2+2. The smallest absolute Gasteiger partial charge is 0.398 e. The second kappa shape index (κ2) is 8.94. The van der Waals surface area contributed by atoms with E-state index in [0.717, 1.165) is 21.9 Å². The number of methoxy groups -OCH3 is 1. The molecule has 174 valence electrons. The molecule has 35 heavy (non-hydrogen) atoms. The first-order valence-corrected chi connectivity index (χ1v) is 11.4. The first-order valence-electron chi connectivity index (χ1n) is 11.0. The van der Waals surface area contributed by atoms with Gasteiger partial charge in [0.2, 0.25) is 11.5 Å². The normalized spacial score (nSPS) is 13.7. The number of nitrogens with two attached hydrogens (primary N) is 2. The molecule has 8 heteroatoms. The van der Waals surface area contributed by atoms with Gasteiger partial charge in [-0.25, -0.2) is 9.98 Å². The van der Waals surface area contributed by atoms with Crippen LogP contribution in [0.2, 0.25) is 5.15 Å². The van der Waals surface area contributed by atoms with Crippen LogP contribution >= 0.6 is 11.6 Å². The monoisotopic (exact) mass is 485 g/mol. The van der Waals surface area contributed by atoms with E-state index in [2.05, 4.69) is 15.0 Å². The Morgan fingerprint density at radius 2 is 1.80 bits per heavy atom. The number of hydrogen-bond acceptors (Lipinski definition) is 4. The standard InChI is InChI=1S/C27H22ClN5O2/c1-27(34-2,17-13-14-31-22(28)15-17)24(29)19-9-5-6-10-20(19)25(30)33-26-32-23-18-8-4-3-7-16(18)11-12-21(23)35-26/h3-15,29H,1-2H3,(H2,30,32,33)/p+2. The highest BCUT2D eigenvalue weighted by Crippen LogP contribution is 2.30. The van der Waals surface area contributed by atoms with Gasteiger partial charge in [-0.05, 0) is 48.2 Å². The van der Waals surface area contributed by atoms with Gasteiger partial charge in [-0.3, -0.25) is 5.41 Å². The Labute approximate surface area is 206 Å². The number of halogens is 1. The first kappa shape index (κ1) is 22.7. The second-order valence-corrected chi connectivity index (χ2v) is 8.64. The summed E-state index contributed by atoms with van der Waals surface area (Å²) in [5.41, 5.74) is 9.59. The predicted molar refractivity (Wildman–Crippen MR) is 137 cm³/mol. The van der Waals surface area contributed by atoms with Crippen LogP contribution in [0.3, 0.4) is 0 Å². The zero-order valence-electron chi connectivity index (χ0n) is 19.2. The van der Waals surface area contributed by atoms with Gasteiger partial charge >= 0.3 is 6.01 Å². The molecule has 5 N–H and O–H groups in total. The van der Waals surface area contributed by atoms with Crippen molar-refractivity contribution in [3.05, 3.63) is 101 Å². The van der Waals surface area contributed by atoms with Crippen molar-refractivity contribution in [3.63, 3.8) is 0 Å². The topological polar surface area (TPSA) is 114 Å². The summed E-state index contributed by atoms with van der Waals surface area (Å²) >= 11 is 6.13. The van der Waals surface area contributed by atoms with Crippen LogP contribution < -0.4 is 16.1 Å². The van der Waals surface area contributed by atoms with Crippen LogP contribution in [0.1, 0.15) is 23.6 Å². The van der Waals surface area contributed by atoms with E-state index in [1.165, 1.54) is 0 Å². The fourth-order valence-electron chi connectivity index (χ4n) is 4.19. The van der Waals surface area contributed by atoms with Crippen molar-refractivity contribution in [1.29, 1.82) is 0 Å². The Morgan fingerprint density at radius 1 is 1.06 bits per heavy atom. The lowest BCUT2D eigenvalue weighted by Crippen LogP contribution is -2.70. The van der Waals surface area contributed by atoms with Crippen LogP contribution in [0.4, 0.5) is 6.01 Å². The van der Waals surface area contributed by atoms with Crippen LogP contribution in [-0.2, 0) is 10.3 Å². The SMILES string of the molecule is COC(C)(C(=[NH2+])c1ccccc1/C(N)=[NH+]/c1nc2c(ccc3ccccc32)o1)c1ccnc(Cl)c1. The molecule has 0 saturated heterocycles. The molecule has 1 atom stereocenters. The Kier molecular flexibility index (Phi) is 5.80. The van der Waals surface area contributed by atoms with Crippen molar-refractivity contribution in [2.24, 2.45) is 5.73 Å². The van der Waals surface area contributed by atoms with Gasteiger partial charge in [0.15, 0.2) is 16.7 Å². The zero-order valence-corrected chi connectivity index (χ0v) is 20.0. The average Bonchev–Trinajstić information content (AvgIpc) is 3.30. The minimum absolute atomic E-state index is 0.289. The predicted octanol–water partition coefficient (Wildman–Crippen LogP) is 2.26. The summed E-state index contributed by atoms with van der Waals surface area (Å²) in [7, 11) is 1.60.